The number of hydrogen-bond donors (Lipinski definition) is 1. The summed E-state index contributed by atoms with van der Waals surface area (Å²) >= 11 is 0. The predicted molar refractivity (Wildman–Crippen MR) is 83.0 cm³/mol. The molecule has 1 aromatic rings. The summed E-state index contributed by atoms with van der Waals surface area (Å²) in [5, 5.41) is 3.88. The van der Waals surface area contributed by atoms with Crippen molar-refractivity contribution in [3.05, 3.63) is 29.8 Å². The zero-order valence-corrected chi connectivity index (χ0v) is 12.9. The van der Waals surface area contributed by atoms with Crippen molar-refractivity contribution in [1.29, 1.82) is 0 Å². The summed E-state index contributed by atoms with van der Waals surface area (Å²) in [7, 11) is 0. The third-order valence-electron chi connectivity index (χ3n) is 4.43. The lowest BCUT2D eigenvalue weighted by Crippen LogP contribution is -2.35. The van der Waals surface area contributed by atoms with E-state index in [0.29, 0.717) is 6.04 Å². The molecule has 1 N–H and O–H groups in total. The molecule has 3 rings (SSSR count). The first kappa shape index (κ1) is 13.9. The van der Waals surface area contributed by atoms with Crippen molar-refractivity contribution < 1.29 is 4.74 Å². The number of nitrogens with one attached hydrogen (secondary N) is 1. The third kappa shape index (κ3) is 3.54. The van der Waals surface area contributed by atoms with Gasteiger partial charge in [0.05, 0.1) is 6.10 Å². The van der Waals surface area contributed by atoms with E-state index in [9.17, 15) is 0 Å². The van der Waals surface area contributed by atoms with Crippen LogP contribution in [0.1, 0.15) is 58.1 Å². The molecule has 1 atom stereocenters. The SMILES string of the molecule is CC(C)Oc1cccc(C(C)NC(C2CC2)C2CC2)c1. The lowest BCUT2D eigenvalue weighted by Gasteiger charge is -2.24. The summed E-state index contributed by atoms with van der Waals surface area (Å²) in [6.07, 6.45) is 5.95. The number of ether oxygens (including phenoxy) is 1. The average Bonchev–Trinajstić information content (AvgIpc) is 3.28. The van der Waals surface area contributed by atoms with Gasteiger partial charge in [0, 0.05) is 12.1 Å². The summed E-state index contributed by atoms with van der Waals surface area (Å²) in [4.78, 5) is 0. The van der Waals surface area contributed by atoms with Gasteiger partial charge in [-0.2, -0.15) is 0 Å². The first-order valence-electron chi connectivity index (χ1n) is 8.16. The third-order valence-corrected chi connectivity index (χ3v) is 4.43. The number of hydrogen-bond acceptors (Lipinski definition) is 2. The Morgan fingerprint density at radius 2 is 1.70 bits per heavy atom. The van der Waals surface area contributed by atoms with Gasteiger partial charge in [-0.3, -0.25) is 0 Å². The molecule has 2 aliphatic rings. The van der Waals surface area contributed by atoms with E-state index in [1.54, 1.807) is 0 Å². The fourth-order valence-electron chi connectivity index (χ4n) is 3.08. The Labute approximate surface area is 122 Å². The van der Waals surface area contributed by atoms with E-state index in [2.05, 4.69) is 50.4 Å². The Kier molecular flexibility index (Phi) is 4.02. The molecule has 20 heavy (non-hydrogen) atoms. The van der Waals surface area contributed by atoms with Crippen LogP contribution in [0.2, 0.25) is 0 Å². The Hall–Kier alpha value is -1.02. The molecule has 110 valence electrons. The van der Waals surface area contributed by atoms with Crippen molar-refractivity contribution in [3.8, 4) is 5.75 Å². The fourth-order valence-corrected chi connectivity index (χ4v) is 3.08. The van der Waals surface area contributed by atoms with Crippen molar-refractivity contribution in [3.63, 3.8) is 0 Å². The highest BCUT2D eigenvalue weighted by atomic mass is 16.5. The van der Waals surface area contributed by atoms with E-state index in [1.165, 1.54) is 31.2 Å². The van der Waals surface area contributed by atoms with E-state index < -0.39 is 0 Å². The lowest BCUT2D eigenvalue weighted by molar-refractivity contribution is 0.242. The van der Waals surface area contributed by atoms with Gasteiger partial charge < -0.3 is 10.1 Å². The van der Waals surface area contributed by atoms with Crippen molar-refractivity contribution in [2.75, 3.05) is 0 Å². The Bertz CT molecular complexity index is 436. The highest BCUT2D eigenvalue weighted by Crippen LogP contribution is 2.45. The fraction of sp³-hybridized carbons (Fsp3) is 0.667. The predicted octanol–water partition coefficient (Wildman–Crippen LogP) is 4.31. The van der Waals surface area contributed by atoms with Gasteiger partial charge in [-0.1, -0.05) is 12.1 Å². The van der Waals surface area contributed by atoms with Crippen molar-refractivity contribution in [1.82, 2.24) is 5.32 Å². The van der Waals surface area contributed by atoms with Gasteiger partial charge in [0.2, 0.25) is 0 Å². The first-order chi connectivity index (χ1) is 9.63. The van der Waals surface area contributed by atoms with E-state index in [4.69, 9.17) is 4.74 Å². The highest BCUT2D eigenvalue weighted by Gasteiger charge is 2.41. The van der Waals surface area contributed by atoms with Gasteiger partial charge in [0.25, 0.3) is 0 Å². The summed E-state index contributed by atoms with van der Waals surface area (Å²) in [6, 6.07) is 9.72. The molecule has 0 saturated heterocycles. The van der Waals surface area contributed by atoms with Crippen LogP contribution in [0, 0.1) is 11.8 Å². The van der Waals surface area contributed by atoms with Crippen LogP contribution in [-0.2, 0) is 0 Å². The first-order valence-corrected chi connectivity index (χ1v) is 8.16. The monoisotopic (exact) mass is 273 g/mol. The highest BCUT2D eigenvalue weighted by molar-refractivity contribution is 5.30. The molecule has 0 bridgehead atoms. The van der Waals surface area contributed by atoms with Crippen molar-refractivity contribution in [2.24, 2.45) is 11.8 Å². The molecular formula is C18H27NO. The van der Waals surface area contributed by atoms with Gasteiger partial charge in [0.15, 0.2) is 0 Å². The van der Waals surface area contributed by atoms with Gasteiger partial charge >= 0.3 is 0 Å². The van der Waals surface area contributed by atoms with E-state index >= 15 is 0 Å². The lowest BCUT2D eigenvalue weighted by atomic mass is 10.0. The molecule has 1 aromatic carbocycles. The molecule has 0 heterocycles. The molecule has 0 aromatic heterocycles. The molecule has 2 fully saturated rings. The van der Waals surface area contributed by atoms with Gasteiger partial charge in [-0.25, -0.2) is 0 Å². The normalized spacial score (nSPS) is 20.4. The molecule has 2 nitrogen and oxygen atoms in total. The summed E-state index contributed by atoms with van der Waals surface area (Å²) in [6.45, 7) is 6.43. The molecule has 2 heteroatoms. The van der Waals surface area contributed by atoms with Crippen LogP contribution in [0.3, 0.4) is 0 Å². The second-order valence-corrected chi connectivity index (χ2v) is 6.83. The average molecular weight is 273 g/mol. The quantitative estimate of drug-likeness (QED) is 0.799. The van der Waals surface area contributed by atoms with E-state index in [1.807, 2.05) is 0 Å². The smallest absolute Gasteiger partial charge is 0.120 e. The van der Waals surface area contributed by atoms with Crippen LogP contribution in [0.15, 0.2) is 24.3 Å². The topological polar surface area (TPSA) is 21.3 Å². The molecule has 2 saturated carbocycles. The van der Waals surface area contributed by atoms with Crippen molar-refractivity contribution >= 4 is 0 Å². The molecule has 1 unspecified atom stereocenters. The second kappa shape index (κ2) is 5.77. The standard InChI is InChI=1S/C18H27NO/c1-12(2)20-17-6-4-5-16(11-17)13(3)19-18(14-7-8-14)15-9-10-15/h4-6,11-15,18-19H,7-10H2,1-3H3. The second-order valence-electron chi connectivity index (χ2n) is 6.83. The van der Waals surface area contributed by atoms with Crippen molar-refractivity contribution in [2.45, 2.75) is 64.6 Å². The van der Waals surface area contributed by atoms with Crippen LogP contribution in [0.25, 0.3) is 0 Å². The van der Waals surface area contributed by atoms with Crippen LogP contribution in [0.5, 0.6) is 5.75 Å². The minimum atomic E-state index is 0.235. The van der Waals surface area contributed by atoms with E-state index in [-0.39, 0.29) is 6.10 Å². The molecule has 0 amide bonds. The Morgan fingerprint density at radius 1 is 1.05 bits per heavy atom. The maximum Gasteiger partial charge on any atom is 0.120 e. The van der Waals surface area contributed by atoms with Crippen LogP contribution >= 0.6 is 0 Å². The minimum Gasteiger partial charge on any atom is -0.491 e. The molecule has 2 aliphatic carbocycles. The number of rotatable bonds is 7. The zero-order valence-electron chi connectivity index (χ0n) is 12.9. The minimum absolute atomic E-state index is 0.235. The van der Waals surface area contributed by atoms with Gasteiger partial charge in [-0.05, 0) is 76.0 Å². The zero-order chi connectivity index (χ0) is 14.1. The molecule has 0 radical (unpaired) electrons. The summed E-state index contributed by atoms with van der Waals surface area (Å²) in [5.74, 6) is 2.88. The molecule has 0 spiro atoms. The maximum absolute atomic E-state index is 5.80. The van der Waals surface area contributed by atoms with Gasteiger partial charge in [0.1, 0.15) is 5.75 Å². The molecule has 0 aliphatic heterocycles. The summed E-state index contributed by atoms with van der Waals surface area (Å²) in [5.41, 5.74) is 1.34. The maximum atomic E-state index is 5.80. The number of benzene rings is 1. The summed E-state index contributed by atoms with van der Waals surface area (Å²) < 4.78 is 5.80. The van der Waals surface area contributed by atoms with Crippen LogP contribution in [-0.4, -0.2) is 12.1 Å². The van der Waals surface area contributed by atoms with E-state index in [0.717, 1.165) is 23.6 Å². The Balaban J connectivity index is 1.64. The largest absolute Gasteiger partial charge is 0.491 e. The van der Waals surface area contributed by atoms with Crippen LogP contribution in [0.4, 0.5) is 0 Å². The van der Waals surface area contributed by atoms with Gasteiger partial charge in [-0.15, -0.1) is 0 Å². The Morgan fingerprint density at radius 3 is 2.25 bits per heavy atom. The van der Waals surface area contributed by atoms with Crippen LogP contribution < -0.4 is 10.1 Å². The molecular weight excluding hydrogens is 246 g/mol.